The molecule has 0 bridgehead atoms. The first kappa shape index (κ1) is 20.1. The Hall–Kier alpha value is -3.62. The lowest BCUT2D eigenvalue weighted by Gasteiger charge is -2.16. The summed E-state index contributed by atoms with van der Waals surface area (Å²) in [5, 5.41) is 16.9. The summed E-state index contributed by atoms with van der Waals surface area (Å²) in [4.78, 5) is 13.0. The molecule has 9 heteroatoms. The summed E-state index contributed by atoms with van der Waals surface area (Å²) in [6, 6.07) is 12.6. The molecule has 3 rings (SSSR count). The Bertz CT molecular complexity index is 929. The van der Waals surface area contributed by atoms with Crippen molar-refractivity contribution in [1.82, 2.24) is 20.6 Å². The lowest BCUT2D eigenvalue weighted by atomic mass is 9.96. The fourth-order valence-corrected chi connectivity index (χ4v) is 2.89. The topological polar surface area (TPSA) is 111 Å². The monoisotopic (exact) mass is 397 g/mol. The normalized spacial score (nSPS) is 11.6. The van der Waals surface area contributed by atoms with Gasteiger partial charge in [0.25, 0.3) is 0 Å². The summed E-state index contributed by atoms with van der Waals surface area (Å²) in [5.74, 6) is 1.40. The maximum Gasteiger partial charge on any atom is 0.235 e. The number of nitrogens with one attached hydrogen (secondary N) is 2. The molecule has 0 aliphatic carbocycles. The quantitative estimate of drug-likeness (QED) is 0.571. The highest BCUT2D eigenvalue weighted by Gasteiger charge is 2.27. The van der Waals surface area contributed by atoms with Crippen LogP contribution in [0.15, 0.2) is 42.5 Å². The van der Waals surface area contributed by atoms with Gasteiger partial charge < -0.3 is 19.5 Å². The number of rotatable bonds is 9. The molecule has 3 aromatic rings. The Kier molecular flexibility index (Phi) is 6.62. The number of tetrazole rings is 1. The maximum atomic E-state index is 13.0. The second kappa shape index (κ2) is 9.54. The number of aromatic nitrogens is 4. The molecule has 0 aliphatic heterocycles. The minimum absolute atomic E-state index is 0.256. The summed E-state index contributed by atoms with van der Waals surface area (Å²) in [6.45, 7) is 2.49. The van der Waals surface area contributed by atoms with Crippen LogP contribution in [0.4, 0.5) is 5.69 Å². The number of methoxy groups -OCH3 is 2. The third kappa shape index (κ3) is 5.01. The lowest BCUT2D eigenvalue weighted by molar-refractivity contribution is -0.117. The van der Waals surface area contributed by atoms with E-state index < -0.39 is 5.92 Å². The number of ether oxygens (including phenoxy) is 3. The van der Waals surface area contributed by atoms with Gasteiger partial charge in [-0.05, 0) is 49.2 Å². The van der Waals surface area contributed by atoms with E-state index in [0.29, 0.717) is 36.0 Å². The van der Waals surface area contributed by atoms with Crippen molar-refractivity contribution in [3.8, 4) is 17.2 Å². The van der Waals surface area contributed by atoms with Crippen LogP contribution >= 0.6 is 0 Å². The van der Waals surface area contributed by atoms with Gasteiger partial charge in [-0.15, -0.1) is 10.2 Å². The molecule has 29 heavy (non-hydrogen) atoms. The lowest BCUT2D eigenvalue weighted by Crippen LogP contribution is -2.24. The first-order chi connectivity index (χ1) is 14.1. The predicted octanol–water partition coefficient (Wildman–Crippen LogP) is 2.58. The molecule has 0 saturated carbocycles. The minimum Gasteiger partial charge on any atom is -0.497 e. The standard InChI is InChI=1S/C20H23N5O4/c1-4-29-15-9-6-14(7-10-15)21-20(26)17(19-22-24-25-23-19)11-13-5-8-16(27-2)12-18(13)28-3/h5-10,12,17H,4,11H2,1-3H3,(H,21,26)(H,22,23,24,25). The summed E-state index contributed by atoms with van der Waals surface area (Å²) < 4.78 is 16.1. The van der Waals surface area contributed by atoms with Gasteiger partial charge in [0.15, 0.2) is 5.82 Å². The van der Waals surface area contributed by atoms with E-state index in [4.69, 9.17) is 14.2 Å². The molecule has 1 amide bonds. The second-order valence-electron chi connectivity index (χ2n) is 6.15. The summed E-state index contributed by atoms with van der Waals surface area (Å²) in [5.41, 5.74) is 1.47. The number of anilines is 1. The Balaban J connectivity index is 1.81. The molecule has 0 saturated heterocycles. The van der Waals surface area contributed by atoms with Gasteiger partial charge >= 0.3 is 0 Å². The van der Waals surface area contributed by atoms with Crippen LogP contribution in [0, 0.1) is 0 Å². The van der Waals surface area contributed by atoms with Crippen molar-refractivity contribution in [2.45, 2.75) is 19.3 Å². The van der Waals surface area contributed by atoms with Crippen LogP contribution in [-0.4, -0.2) is 47.4 Å². The van der Waals surface area contributed by atoms with E-state index in [-0.39, 0.29) is 5.91 Å². The molecule has 1 atom stereocenters. The molecule has 1 aromatic heterocycles. The summed E-state index contributed by atoms with van der Waals surface area (Å²) >= 11 is 0. The average Bonchev–Trinajstić information content (AvgIpc) is 3.28. The summed E-state index contributed by atoms with van der Waals surface area (Å²) in [7, 11) is 3.16. The van der Waals surface area contributed by atoms with E-state index in [1.807, 2.05) is 19.1 Å². The molecule has 2 N–H and O–H groups in total. The molecular weight excluding hydrogens is 374 g/mol. The van der Waals surface area contributed by atoms with Gasteiger partial charge in [-0.2, -0.15) is 5.21 Å². The fourth-order valence-electron chi connectivity index (χ4n) is 2.89. The van der Waals surface area contributed by atoms with Crippen molar-refractivity contribution < 1.29 is 19.0 Å². The molecule has 0 fully saturated rings. The number of H-pyrrole nitrogens is 1. The number of nitrogens with zero attached hydrogens (tertiary/aromatic N) is 3. The van der Waals surface area contributed by atoms with Crippen LogP contribution in [0.2, 0.25) is 0 Å². The molecule has 1 heterocycles. The molecule has 1 unspecified atom stereocenters. The molecule has 2 aromatic carbocycles. The number of aromatic amines is 1. The van der Waals surface area contributed by atoms with Crippen molar-refractivity contribution in [1.29, 1.82) is 0 Å². The first-order valence-electron chi connectivity index (χ1n) is 9.12. The third-order valence-corrected chi connectivity index (χ3v) is 4.34. The number of benzene rings is 2. The molecule has 152 valence electrons. The van der Waals surface area contributed by atoms with Crippen LogP contribution in [-0.2, 0) is 11.2 Å². The number of carbonyl (C=O) groups is 1. The molecular formula is C20H23N5O4. The number of hydrogen-bond donors (Lipinski definition) is 2. The van der Waals surface area contributed by atoms with E-state index in [0.717, 1.165) is 11.3 Å². The van der Waals surface area contributed by atoms with Gasteiger partial charge in [-0.1, -0.05) is 11.3 Å². The van der Waals surface area contributed by atoms with E-state index in [2.05, 4.69) is 25.9 Å². The fraction of sp³-hybridized carbons (Fsp3) is 0.300. The van der Waals surface area contributed by atoms with Gasteiger partial charge in [0.05, 0.1) is 20.8 Å². The SMILES string of the molecule is CCOc1ccc(NC(=O)C(Cc2ccc(OC)cc2OC)c2nn[nH]n2)cc1. The molecule has 0 radical (unpaired) electrons. The minimum atomic E-state index is -0.664. The highest BCUT2D eigenvalue weighted by Crippen LogP contribution is 2.29. The van der Waals surface area contributed by atoms with Crippen LogP contribution in [0.25, 0.3) is 0 Å². The Morgan fingerprint density at radius 3 is 2.48 bits per heavy atom. The average molecular weight is 397 g/mol. The zero-order valence-electron chi connectivity index (χ0n) is 16.5. The Morgan fingerprint density at radius 1 is 1.10 bits per heavy atom. The molecule has 0 aliphatic rings. The maximum absolute atomic E-state index is 13.0. The van der Waals surface area contributed by atoms with Crippen LogP contribution < -0.4 is 19.5 Å². The van der Waals surface area contributed by atoms with E-state index in [1.54, 1.807) is 44.6 Å². The van der Waals surface area contributed by atoms with Gasteiger partial charge in [0, 0.05) is 11.8 Å². The third-order valence-electron chi connectivity index (χ3n) is 4.34. The van der Waals surface area contributed by atoms with Gasteiger partial charge in [0.2, 0.25) is 5.91 Å². The number of amides is 1. The van der Waals surface area contributed by atoms with Crippen LogP contribution in [0.1, 0.15) is 24.2 Å². The van der Waals surface area contributed by atoms with Gasteiger partial charge in [0.1, 0.15) is 23.2 Å². The summed E-state index contributed by atoms with van der Waals surface area (Å²) in [6.07, 6.45) is 0.329. The Morgan fingerprint density at radius 2 is 1.86 bits per heavy atom. The molecule has 9 nitrogen and oxygen atoms in total. The first-order valence-corrected chi connectivity index (χ1v) is 9.12. The smallest absolute Gasteiger partial charge is 0.235 e. The van der Waals surface area contributed by atoms with Crippen molar-refractivity contribution in [2.75, 3.05) is 26.1 Å². The number of carbonyl (C=O) groups excluding carboxylic acids is 1. The van der Waals surface area contributed by atoms with Crippen molar-refractivity contribution in [3.63, 3.8) is 0 Å². The van der Waals surface area contributed by atoms with Gasteiger partial charge in [-0.25, -0.2) is 0 Å². The van der Waals surface area contributed by atoms with Crippen LogP contribution in [0.3, 0.4) is 0 Å². The van der Waals surface area contributed by atoms with E-state index >= 15 is 0 Å². The van der Waals surface area contributed by atoms with Crippen molar-refractivity contribution >= 4 is 11.6 Å². The van der Waals surface area contributed by atoms with Crippen molar-refractivity contribution in [2.24, 2.45) is 0 Å². The zero-order valence-corrected chi connectivity index (χ0v) is 16.5. The van der Waals surface area contributed by atoms with Crippen LogP contribution in [0.5, 0.6) is 17.2 Å². The predicted molar refractivity (Wildman–Crippen MR) is 106 cm³/mol. The van der Waals surface area contributed by atoms with E-state index in [9.17, 15) is 4.79 Å². The number of hydrogen-bond acceptors (Lipinski definition) is 7. The molecule has 0 spiro atoms. The van der Waals surface area contributed by atoms with Gasteiger partial charge in [-0.3, -0.25) is 4.79 Å². The highest BCUT2D eigenvalue weighted by molar-refractivity contribution is 5.95. The van der Waals surface area contributed by atoms with E-state index in [1.165, 1.54) is 0 Å². The second-order valence-corrected chi connectivity index (χ2v) is 6.15. The van der Waals surface area contributed by atoms with Crippen molar-refractivity contribution in [3.05, 3.63) is 53.9 Å². The largest absolute Gasteiger partial charge is 0.497 e. The zero-order chi connectivity index (χ0) is 20.6. The Labute approximate surface area is 168 Å². The highest BCUT2D eigenvalue weighted by atomic mass is 16.5.